The van der Waals surface area contributed by atoms with Crippen LogP contribution in [0.25, 0.3) is 0 Å². The summed E-state index contributed by atoms with van der Waals surface area (Å²) in [6, 6.07) is 14.0. The number of carboxylic acids is 1. The highest BCUT2D eigenvalue weighted by molar-refractivity contribution is 7.89. The quantitative estimate of drug-likeness (QED) is 0.505. The fraction of sp³-hybridized carbons (Fsp3) is 0.391. The molecular weight excluding hydrogens is 539 g/mol. The summed E-state index contributed by atoms with van der Waals surface area (Å²) < 4.78 is 64.2. The van der Waals surface area contributed by atoms with Crippen molar-refractivity contribution in [2.75, 3.05) is 45.6 Å². The molecule has 0 spiro atoms. The maximum absolute atomic E-state index is 13.2. The fourth-order valence-electron chi connectivity index (χ4n) is 3.34. The standard InChI is InChI=1S/C21H26ClN3O4S.C2HF3O2/c1-29-20-5-3-2-4-18(20)16-24(21(26)17-6-8-19(22)9-7-17)14-15-30(27,28)25-12-10-23-11-13-25;3-2(4,5)1(6)7/h2-9,23H,10-16H2,1H3;(H,6,7). The van der Waals surface area contributed by atoms with Crippen molar-refractivity contribution >= 4 is 33.5 Å². The van der Waals surface area contributed by atoms with E-state index in [4.69, 9.17) is 26.2 Å². The van der Waals surface area contributed by atoms with Crippen molar-refractivity contribution in [1.82, 2.24) is 14.5 Å². The molecule has 0 saturated carbocycles. The van der Waals surface area contributed by atoms with E-state index in [0.29, 0.717) is 42.5 Å². The van der Waals surface area contributed by atoms with E-state index in [1.165, 1.54) is 4.31 Å². The minimum atomic E-state index is -5.08. The molecule has 1 saturated heterocycles. The van der Waals surface area contributed by atoms with Gasteiger partial charge < -0.3 is 20.1 Å². The second-order valence-corrected chi connectivity index (χ2v) is 10.3. The summed E-state index contributed by atoms with van der Waals surface area (Å²) >= 11 is 5.94. The highest BCUT2D eigenvalue weighted by Gasteiger charge is 2.38. The van der Waals surface area contributed by atoms with Crippen LogP contribution in [0.3, 0.4) is 0 Å². The van der Waals surface area contributed by atoms with Crippen LogP contribution in [-0.4, -0.2) is 86.4 Å². The van der Waals surface area contributed by atoms with Crippen molar-refractivity contribution in [3.63, 3.8) is 0 Å². The number of ether oxygens (including phenoxy) is 1. The second-order valence-electron chi connectivity index (χ2n) is 7.81. The zero-order valence-electron chi connectivity index (χ0n) is 19.9. The van der Waals surface area contributed by atoms with Crippen molar-refractivity contribution < 1.29 is 41.0 Å². The van der Waals surface area contributed by atoms with Crippen LogP contribution in [-0.2, 0) is 21.4 Å². The molecule has 37 heavy (non-hydrogen) atoms. The molecule has 0 atom stereocenters. The largest absolute Gasteiger partial charge is 0.496 e. The summed E-state index contributed by atoms with van der Waals surface area (Å²) in [4.78, 5) is 23.6. The number of hydrogen-bond acceptors (Lipinski definition) is 6. The Balaban J connectivity index is 0.000000604. The van der Waals surface area contributed by atoms with Crippen LogP contribution in [0, 0.1) is 0 Å². The molecule has 2 N–H and O–H groups in total. The molecular formula is C23H27ClF3N3O6S. The molecule has 14 heteroatoms. The number of amides is 1. The van der Waals surface area contributed by atoms with E-state index < -0.39 is 22.2 Å². The number of carbonyl (C=O) groups is 2. The number of sulfonamides is 1. The number of alkyl halides is 3. The third-order valence-corrected chi connectivity index (χ3v) is 7.37. The average molecular weight is 566 g/mol. The SMILES string of the molecule is COc1ccccc1CN(CCS(=O)(=O)N1CCNCC1)C(=O)c1ccc(Cl)cc1.O=C(O)C(F)(F)F. The zero-order valence-corrected chi connectivity index (χ0v) is 21.4. The lowest BCUT2D eigenvalue weighted by atomic mass is 10.1. The molecule has 1 fully saturated rings. The van der Waals surface area contributed by atoms with Crippen LogP contribution in [0.1, 0.15) is 15.9 Å². The number of nitrogens with zero attached hydrogens (tertiary/aromatic N) is 2. The Morgan fingerprint density at radius 3 is 2.22 bits per heavy atom. The fourth-order valence-corrected chi connectivity index (χ4v) is 4.92. The number of nitrogens with one attached hydrogen (secondary N) is 1. The van der Waals surface area contributed by atoms with Crippen molar-refractivity contribution in [2.24, 2.45) is 0 Å². The predicted molar refractivity (Wildman–Crippen MR) is 131 cm³/mol. The summed E-state index contributed by atoms with van der Waals surface area (Å²) in [5.74, 6) is -2.50. The van der Waals surface area contributed by atoms with Crippen LogP contribution in [0.5, 0.6) is 5.75 Å². The van der Waals surface area contributed by atoms with Gasteiger partial charge in [0.2, 0.25) is 10.0 Å². The molecule has 3 rings (SSSR count). The van der Waals surface area contributed by atoms with Gasteiger partial charge in [0.05, 0.1) is 12.9 Å². The molecule has 0 aliphatic carbocycles. The van der Waals surface area contributed by atoms with Gasteiger partial charge in [-0.25, -0.2) is 13.2 Å². The lowest BCUT2D eigenvalue weighted by Gasteiger charge is -2.29. The lowest BCUT2D eigenvalue weighted by Crippen LogP contribution is -2.48. The molecule has 1 aliphatic rings. The maximum Gasteiger partial charge on any atom is 0.490 e. The van der Waals surface area contributed by atoms with E-state index in [0.717, 1.165) is 5.56 Å². The maximum atomic E-state index is 13.2. The van der Waals surface area contributed by atoms with Crippen molar-refractivity contribution in [3.05, 3.63) is 64.7 Å². The van der Waals surface area contributed by atoms with E-state index >= 15 is 0 Å². The van der Waals surface area contributed by atoms with Crippen LogP contribution in [0.15, 0.2) is 48.5 Å². The number of rotatable bonds is 8. The van der Waals surface area contributed by atoms with E-state index in [9.17, 15) is 26.4 Å². The summed E-state index contributed by atoms with van der Waals surface area (Å²) in [6.45, 7) is 2.47. The second kappa shape index (κ2) is 13.6. The molecule has 0 bridgehead atoms. The number of carboxylic acid groups (broad SMARTS) is 1. The van der Waals surface area contributed by atoms with Crippen LogP contribution < -0.4 is 10.1 Å². The minimum Gasteiger partial charge on any atom is -0.496 e. The van der Waals surface area contributed by atoms with E-state index in [1.54, 1.807) is 36.3 Å². The summed E-state index contributed by atoms with van der Waals surface area (Å²) in [5, 5.41) is 10.8. The minimum absolute atomic E-state index is 0.0752. The molecule has 2 aromatic carbocycles. The van der Waals surface area contributed by atoms with Gasteiger partial charge in [0, 0.05) is 55.4 Å². The van der Waals surface area contributed by atoms with Gasteiger partial charge in [-0.05, 0) is 30.3 Å². The molecule has 9 nitrogen and oxygen atoms in total. The Bertz CT molecular complexity index is 1160. The number of methoxy groups -OCH3 is 1. The summed E-state index contributed by atoms with van der Waals surface area (Å²) in [6.07, 6.45) is -5.08. The van der Waals surface area contributed by atoms with Crippen molar-refractivity contribution in [3.8, 4) is 5.75 Å². The third kappa shape index (κ3) is 9.50. The highest BCUT2D eigenvalue weighted by atomic mass is 35.5. The first kappa shape index (κ1) is 30.4. The topological polar surface area (TPSA) is 116 Å². The Morgan fingerprint density at radius 1 is 1.11 bits per heavy atom. The summed E-state index contributed by atoms with van der Waals surface area (Å²) in [7, 11) is -1.89. The predicted octanol–water partition coefficient (Wildman–Crippen LogP) is 2.86. The third-order valence-electron chi connectivity index (χ3n) is 5.26. The first-order chi connectivity index (χ1) is 17.3. The van der Waals surface area contributed by atoms with Gasteiger partial charge in [-0.1, -0.05) is 29.8 Å². The zero-order chi connectivity index (χ0) is 27.6. The Hall–Kier alpha value is -2.87. The number of para-hydroxylation sites is 1. The first-order valence-electron chi connectivity index (χ1n) is 11.0. The first-order valence-corrected chi connectivity index (χ1v) is 13.0. The normalized spacial score (nSPS) is 14.3. The number of hydrogen-bond donors (Lipinski definition) is 2. The van der Waals surface area contributed by atoms with Gasteiger partial charge in [-0.3, -0.25) is 4.79 Å². The number of piperazine rings is 1. The molecule has 0 aromatic heterocycles. The molecule has 1 aliphatic heterocycles. The molecule has 1 heterocycles. The van der Waals surface area contributed by atoms with E-state index in [-0.39, 0.29) is 24.7 Å². The van der Waals surface area contributed by atoms with Crippen molar-refractivity contribution in [2.45, 2.75) is 12.7 Å². The molecule has 0 radical (unpaired) electrons. The van der Waals surface area contributed by atoms with Crippen LogP contribution in [0.4, 0.5) is 13.2 Å². The number of aliphatic carboxylic acids is 1. The molecule has 1 amide bonds. The Labute approximate surface area is 217 Å². The van der Waals surface area contributed by atoms with Crippen LogP contribution >= 0.6 is 11.6 Å². The van der Waals surface area contributed by atoms with Gasteiger partial charge in [-0.15, -0.1) is 0 Å². The average Bonchev–Trinajstić information content (AvgIpc) is 2.87. The molecule has 204 valence electrons. The van der Waals surface area contributed by atoms with Crippen molar-refractivity contribution in [1.29, 1.82) is 0 Å². The van der Waals surface area contributed by atoms with Gasteiger partial charge in [0.1, 0.15) is 5.75 Å². The van der Waals surface area contributed by atoms with E-state index in [2.05, 4.69) is 5.32 Å². The summed E-state index contributed by atoms with van der Waals surface area (Å²) in [5.41, 5.74) is 1.26. The van der Waals surface area contributed by atoms with Crippen LogP contribution in [0.2, 0.25) is 5.02 Å². The molecule has 0 unspecified atom stereocenters. The Kier molecular flexibility index (Phi) is 11.2. The Morgan fingerprint density at radius 2 is 1.68 bits per heavy atom. The van der Waals surface area contributed by atoms with Gasteiger partial charge in [-0.2, -0.15) is 17.5 Å². The number of benzene rings is 2. The lowest BCUT2D eigenvalue weighted by molar-refractivity contribution is -0.192. The molecule has 2 aromatic rings. The van der Waals surface area contributed by atoms with Gasteiger partial charge in [0.25, 0.3) is 5.91 Å². The smallest absolute Gasteiger partial charge is 0.490 e. The number of halogens is 4. The monoisotopic (exact) mass is 565 g/mol. The van der Waals surface area contributed by atoms with E-state index in [1.807, 2.05) is 24.3 Å². The van der Waals surface area contributed by atoms with Gasteiger partial charge in [0.15, 0.2) is 0 Å². The van der Waals surface area contributed by atoms with Gasteiger partial charge >= 0.3 is 12.1 Å². The number of carbonyl (C=O) groups excluding carboxylic acids is 1. The highest BCUT2D eigenvalue weighted by Crippen LogP contribution is 2.21.